The Kier molecular flexibility index (Phi) is 5.54. The van der Waals surface area contributed by atoms with Crippen molar-refractivity contribution in [2.24, 2.45) is 0 Å². The molecule has 0 bridgehead atoms. The lowest BCUT2D eigenvalue weighted by Crippen LogP contribution is -2.24. The van der Waals surface area contributed by atoms with Crippen LogP contribution in [0.5, 0.6) is 0 Å². The molecular formula is C20H23NO. The van der Waals surface area contributed by atoms with Gasteiger partial charge in [0.2, 0.25) is 5.91 Å². The van der Waals surface area contributed by atoms with Gasteiger partial charge in [0, 0.05) is 6.08 Å². The van der Waals surface area contributed by atoms with Crippen LogP contribution < -0.4 is 5.32 Å². The molecule has 0 aromatic heterocycles. The number of hydrogen-bond donors (Lipinski definition) is 1. The molecule has 22 heavy (non-hydrogen) atoms. The van der Waals surface area contributed by atoms with Crippen molar-refractivity contribution in [2.75, 3.05) is 0 Å². The number of amides is 1. The first kappa shape index (κ1) is 16.0. The van der Waals surface area contributed by atoms with Gasteiger partial charge in [-0.2, -0.15) is 0 Å². The average molecular weight is 293 g/mol. The number of aryl methyl sites for hydroxylation is 2. The molecule has 0 aliphatic carbocycles. The SMILES string of the molecule is CCc1ccc([C@H](C)NC(=O)/C=C/c2ccc(C)cc2)cc1. The lowest BCUT2D eigenvalue weighted by Gasteiger charge is -2.13. The third kappa shape index (κ3) is 4.59. The molecule has 0 saturated carbocycles. The minimum absolute atomic E-state index is 0.000994. The van der Waals surface area contributed by atoms with Crippen LogP contribution in [-0.4, -0.2) is 5.91 Å². The third-order valence-corrected chi connectivity index (χ3v) is 3.75. The zero-order valence-corrected chi connectivity index (χ0v) is 13.5. The van der Waals surface area contributed by atoms with Crippen molar-refractivity contribution in [3.05, 3.63) is 76.9 Å². The number of carbonyl (C=O) groups excluding carboxylic acids is 1. The first-order chi connectivity index (χ1) is 10.6. The monoisotopic (exact) mass is 293 g/mol. The molecule has 114 valence electrons. The Bertz CT molecular complexity index is 638. The van der Waals surface area contributed by atoms with Crippen molar-refractivity contribution in [3.8, 4) is 0 Å². The van der Waals surface area contributed by atoms with Gasteiger partial charge in [-0.15, -0.1) is 0 Å². The molecular weight excluding hydrogens is 270 g/mol. The first-order valence-electron chi connectivity index (χ1n) is 7.72. The Hall–Kier alpha value is -2.35. The van der Waals surface area contributed by atoms with Crippen LogP contribution in [0.15, 0.2) is 54.6 Å². The third-order valence-electron chi connectivity index (χ3n) is 3.75. The van der Waals surface area contributed by atoms with E-state index in [0.717, 1.165) is 17.5 Å². The predicted octanol–water partition coefficient (Wildman–Crippen LogP) is 4.45. The van der Waals surface area contributed by atoms with Crippen LogP contribution in [0, 0.1) is 6.92 Å². The number of nitrogens with one attached hydrogen (secondary N) is 1. The van der Waals surface area contributed by atoms with Gasteiger partial charge in [0.1, 0.15) is 0 Å². The molecule has 0 fully saturated rings. The van der Waals surface area contributed by atoms with Gasteiger partial charge in [0.05, 0.1) is 6.04 Å². The average Bonchev–Trinajstić information content (AvgIpc) is 2.54. The van der Waals surface area contributed by atoms with Gasteiger partial charge in [-0.1, -0.05) is 61.0 Å². The number of benzene rings is 2. The van der Waals surface area contributed by atoms with Crippen molar-refractivity contribution in [3.63, 3.8) is 0 Å². The van der Waals surface area contributed by atoms with E-state index in [1.54, 1.807) is 6.08 Å². The van der Waals surface area contributed by atoms with Crippen LogP contribution in [0.2, 0.25) is 0 Å². The summed E-state index contributed by atoms with van der Waals surface area (Å²) in [4.78, 5) is 12.0. The van der Waals surface area contributed by atoms with E-state index in [1.165, 1.54) is 11.1 Å². The maximum atomic E-state index is 12.0. The van der Waals surface area contributed by atoms with E-state index in [2.05, 4.69) is 36.5 Å². The van der Waals surface area contributed by atoms with E-state index in [-0.39, 0.29) is 11.9 Å². The smallest absolute Gasteiger partial charge is 0.244 e. The highest BCUT2D eigenvalue weighted by Gasteiger charge is 2.07. The van der Waals surface area contributed by atoms with Crippen molar-refractivity contribution < 1.29 is 4.79 Å². The first-order valence-corrected chi connectivity index (χ1v) is 7.72. The Morgan fingerprint density at radius 2 is 1.73 bits per heavy atom. The van der Waals surface area contributed by atoms with Crippen LogP contribution in [0.4, 0.5) is 0 Å². The molecule has 2 nitrogen and oxygen atoms in total. The molecule has 1 amide bonds. The van der Waals surface area contributed by atoms with Gasteiger partial charge in [0.25, 0.3) is 0 Å². The number of hydrogen-bond acceptors (Lipinski definition) is 1. The summed E-state index contributed by atoms with van der Waals surface area (Å²) in [5.74, 6) is -0.0763. The molecule has 2 aromatic rings. The maximum absolute atomic E-state index is 12.0. The molecule has 0 spiro atoms. The maximum Gasteiger partial charge on any atom is 0.244 e. The zero-order valence-electron chi connectivity index (χ0n) is 13.5. The molecule has 0 saturated heterocycles. The van der Waals surface area contributed by atoms with E-state index in [9.17, 15) is 4.79 Å². The van der Waals surface area contributed by atoms with Gasteiger partial charge in [0.15, 0.2) is 0 Å². The highest BCUT2D eigenvalue weighted by atomic mass is 16.1. The van der Waals surface area contributed by atoms with Crippen molar-refractivity contribution in [2.45, 2.75) is 33.2 Å². The summed E-state index contributed by atoms with van der Waals surface area (Å²) < 4.78 is 0. The lowest BCUT2D eigenvalue weighted by molar-refractivity contribution is -0.117. The summed E-state index contributed by atoms with van der Waals surface area (Å²) in [5.41, 5.74) is 4.67. The van der Waals surface area contributed by atoms with Crippen LogP contribution in [-0.2, 0) is 11.2 Å². The van der Waals surface area contributed by atoms with E-state index >= 15 is 0 Å². The molecule has 0 aliphatic heterocycles. The van der Waals surface area contributed by atoms with Gasteiger partial charge in [-0.3, -0.25) is 4.79 Å². The topological polar surface area (TPSA) is 29.1 Å². The second kappa shape index (κ2) is 7.60. The Morgan fingerprint density at radius 3 is 2.32 bits per heavy atom. The quantitative estimate of drug-likeness (QED) is 0.811. The van der Waals surface area contributed by atoms with E-state index in [1.807, 2.05) is 44.2 Å². The van der Waals surface area contributed by atoms with E-state index in [4.69, 9.17) is 0 Å². The minimum Gasteiger partial charge on any atom is -0.346 e. The highest BCUT2D eigenvalue weighted by molar-refractivity contribution is 5.91. The number of carbonyl (C=O) groups is 1. The molecule has 1 N–H and O–H groups in total. The zero-order chi connectivity index (χ0) is 15.9. The molecule has 0 aliphatic rings. The van der Waals surface area contributed by atoms with E-state index in [0.29, 0.717) is 0 Å². The Labute approximate surface area is 132 Å². The molecule has 2 aromatic carbocycles. The van der Waals surface area contributed by atoms with Gasteiger partial charge in [-0.25, -0.2) is 0 Å². The minimum atomic E-state index is -0.0763. The summed E-state index contributed by atoms with van der Waals surface area (Å²) in [7, 11) is 0. The summed E-state index contributed by atoms with van der Waals surface area (Å²) in [6.07, 6.45) is 4.45. The molecule has 0 heterocycles. The summed E-state index contributed by atoms with van der Waals surface area (Å²) >= 11 is 0. The lowest BCUT2D eigenvalue weighted by atomic mass is 10.0. The fraction of sp³-hybridized carbons (Fsp3) is 0.250. The fourth-order valence-corrected chi connectivity index (χ4v) is 2.24. The molecule has 0 radical (unpaired) electrons. The van der Waals surface area contributed by atoms with Crippen molar-refractivity contribution >= 4 is 12.0 Å². The van der Waals surface area contributed by atoms with Crippen LogP contribution in [0.3, 0.4) is 0 Å². The Morgan fingerprint density at radius 1 is 1.09 bits per heavy atom. The van der Waals surface area contributed by atoms with E-state index < -0.39 is 0 Å². The highest BCUT2D eigenvalue weighted by Crippen LogP contribution is 2.14. The van der Waals surface area contributed by atoms with Crippen molar-refractivity contribution in [1.82, 2.24) is 5.32 Å². The summed E-state index contributed by atoms with van der Waals surface area (Å²) in [6, 6.07) is 16.5. The molecule has 0 unspecified atom stereocenters. The van der Waals surface area contributed by atoms with Crippen LogP contribution >= 0.6 is 0 Å². The summed E-state index contributed by atoms with van der Waals surface area (Å²) in [6.45, 7) is 6.18. The molecule has 1 atom stereocenters. The Balaban J connectivity index is 1.94. The van der Waals surface area contributed by atoms with Crippen molar-refractivity contribution in [1.29, 1.82) is 0 Å². The second-order valence-corrected chi connectivity index (χ2v) is 5.57. The predicted molar refractivity (Wildman–Crippen MR) is 92.6 cm³/mol. The van der Waals surface area contributed by atoms with Crippen LogP contribution in [0.25, 0.3) is 6.08 Å². The standard InChI is InChI=1S/C20H23NO/c1-4-17-9-12-19(13-10-17)16(3)21-20(22)14-11-18-7-5-15(2)6-8-18/h5-14,16H,4H2,1-3H3,(H,21,22)/b14-11+/t16-/m0/s1. The van der Waals surface area contributed by atoms with Gasteiger partial charge in [-0.05, 0) is 43.0 Å². The summed E-state index contributed by atoms with van der Waals surface area (Å²) in [5, 5.41) is 2.99. The second-order valence-electron chi connectivity index (χ2n) is 5.57. The van der Waals surface area contributed by atoms with Gasteiger partial charge < -0.3 is 5.32 Å². The van der Waals surface area contributed by atoms with Crippen LogP contribution in [0.1, 0.15) is 42.1 Å². The fourth-order valence-electron chi connectivity index (χ4n) is 2.24. The molecule has 2 heteroatoms. The van der Waals surface area contributed by atoms with Gasteiger partial charge >= 0.3 is 0 Å². The largest absolute Gasteiger partial charge is 0.346 e. The number of rotatable bonds is 5. The normalized spacial score (nSPS) is 12.3. The molecule has 2 rings (SSSR count).